The summed E-state index contributed by atoms with van der Waals surface area (Å²) >= 11 is 0. The Kier molecular flexibility index (Phi) is 6.19. The molecule has 4 rings (SSSR count). The van der Waals surface area contributed by atoms with E-state index < -0.39 is 6.04 Å². The number of anilines is 1. The Hall–Kier alpha value is -3.70. The lowest BCUT2D eigenvalue weighted by Gasteiger charge is -2.27. The predicted octanol–water partition coefficient (Wildman–Crippen LogP) is 5.28. The highest BCUT2D eigenvalue weighted by Crippen LogP contribution is 2.28. The summed E-state index contributed by atoms with van der Waals surface area (Å²) < 4.78 is 0. The Morgan fingerprint density at radius 1 is 0.938 bits per heavy atom. The average Bonchev–Trinajstić information content (AvgIpc) is 3.22. The third kappa shape index (κ3) is 4.34. The number of H-pyrrole nitrogens is 1. The number of Topliss-reactive ketones (excluding diaryl/α,β-unsaturated/α-hetero) is 1. The van der Waals surface area contributed by atoms with Crippen molar-refractivity contribution in [3.8, 4) is 0 Å². The molecule has 0 aliphatic carbocycles. The lowest BCUT2D eigenvalue weighted by molar-refractivity contribution is -0.117. The van der Waals surface area contributed by atoms with E-state index in [4.69, 9.17) is 0 Å². The number of nitrogens with one attached hydrogen (secondary N) is 2. The van der Waals surface area contributed by atoms with Crippen LogP contribution in [0, 0.1) is 13.8 Å². The molecule has 1 amide bonds. The molecule has 0 radical (unpaired) electrons. The number of aromatic amines is 1. The fourth-order valence-electron chi connectivity index (χ4n) is 4.06. The molecule has 0 fully saturated rings. The maximum atomic E-state index is 13.7. The molecule has 3 aromatic carbocycles. The van der Waals surface area contributed by atoms with Crippen LogP contribution in [0.1, 0.15) is 33.1 Å². The first-order chi connectivity index (χ1) is 15.5. The minimum absolute atomic E-state index is 0.0457. The smallest absolute Gasteiger partial charge is 0.238 e. The van der Waals surface area contributed by atoms with Crippen molar-refractivity contribution in [2.75, 3.05) is 18.9 Å². The zero-order valence-corrected chi connectivity index (χ0v) is 18.6. The van der Waals surface area contributed by atoms with Gasteiger partial charge in [-0.2, -0.15) is 0 Å². The monoisotopic (exact) mass is 425 g/mol. The third-order valence-corrected chi connectivity index (χ3v) is 5.93. The van der Waals surface area contributed by atoms with Crippen molar-refractivity contribution < 1.29 is 9.59 Å². The second-order valence-corrected chi connectivity index (χ2v) is 8.14. The zero-order chi connectivity index (χ0) is 22.7. The highest BCUT2D eigenvalue weighted by atomic mass is 16.2. The van der Waals surface area contributed by atoms with E-state index in [-0.39, 0.29) is 18.2 Å². The second-order valence-electron chi connectivity index (χ2n) is 8.14. The van der Waals surface area contributed by atoms with Gasteiger partial charge >= 0.3 is 0 Å². The van der Waals surface area contributed by atoms with Crippen molar-refractivity contribution in [3.05, 3.63) is 101 Å². The first-order valence-electron chi connectivity index (χ1n) is 10.7. The number of aryl methyl sites for hydroxylation is 1. The summed E-state index contributed by atoms with van der Waals surface area (Å²) in [5.74, 6) is -0.204. The Labute approximate surface area is 188 Å². The van der Waals surface area contributed by atoms with E-state index in [1.54, 1.807) is 11.1 Å². The molecular formula is C27H27N3O2. The maximum absolute atomic E-state index is 13.7. The number of hydrogen-bond acceptors (Lipinski definition) is 3. The van der Waals surface area contributed by atoms with E-state index in [2.05, 4.69) is 10.3 Å². The number of nitrogens with zero attached hydrogens (tertiary/aromatic N) is 1. The molecule has 0 bridgehead atoms. The van der Waals surface area contributed by atoms with Gasteiger partial charge in [-0.05, 0) is 49.7 Å². The van der Waals surface area contributed by atoms with Gasteiger partial charge in [-0.1, -0.05) is 60.7 Å². The number of para-hydroxylation sites is 1. The predicted molar refractivity (Wildman–Crippen MR) is 129 cm³/mol. The average molecular weight is 426 g/mol. The molecular weight excluding hydrogens is 398 g/mol. The zero-order valence-electron chi connectivity index (χ0n) is 18.6. The summed E-state index contributed by atoms with van der Waals surface area (Å²) in [4.78, 5) is 31.6. The molecule has 4 aromatic rings. The van der Waals surface area contributed by atoms with Crippen LogP contribution in [0.2, 0.25) is 0 Å². The Balaban J connectivity index is 1.61. The number of carbonyl (C=O) groups excluding carboxylic acids is 2. The van der Waals surface area contributed by atoms with Crippen molar-refractivity contribution in [1.29, 1.82) is 0 Å². The molecule has 5 nitrogen and oxygen atoms in total. The second kappa shape index (κ2) is 9.20. The first kappa shape index (κ1) is 21.5. The standard InChI is InChI=1S/C27H27N3O2/c1-18-10-9-15-23(19(18)2)29-25(31)17-30(3)26(20-11-5-4-6-12-20)27(32)22-16-28-24-14-8-7-13-21(22)24/h4-16,26,28H,17H2,1-3H3,(H,29,31)/t26-/m1/s1. The van der Waals surface area contributed by atoms with Crippen LogP contribution in [-0.2, 0) is 4.79 Å². The van der Waals surface area contributed by atoms with E-state index in [0.717, 1.165) is 33.3 Å². The van der Waals surface area contributed by atoms with Crippen molar-refractivity contribution in [2.45, 2.75) is 19.9 Å². The minimum Gasteiger partial charge on any atom is -0.360 e. The van der Waals surface area contributed by atoms with Gasteiger partial charge in [-0.3, -0.25) is 14.5 Å². The van der Waals surface area contributed by atoms with Crippen molar-refractivity contribution in [3.63, 3.8) is 0 Å². The number of ketones is 1. The number of carbonyl (C=O) groups is 2. The lowest BCUT2D eigenvalue weighted by Crippen LogP contribution is -2.37. The van der Waals surface area contributed by atoms with E-state index in [0.29, 0.717) is 5.56 Å². The number of hydrogen-bond donors (Lipinski definition) is 2. The van der Waals surface area contributed by atoms with Gasteiger partial charge in [-0.15, -0.1) is 0 Å². The van der Waals surface area contributed by atoms with Crippen LogP contribution in [-0.4, -0.2) is 35.2 Å². The van der Waals surface area contributed by atoms with E-state index in [1.807, 2.05) is 93.7 Å². The van der Waals surface area contributed by atoms with Crippen LogP contribution in [0.4, 0.5) is 5.69 Å². The van der Waals surface area contributed by atoms with Gasteiger partial charge in [0.1, 0.15) is 0 Å². The van der Waals surface area contributed by atoms with Crippen LogP contribution >= 0.6 is 0 Å². The molecule has 0 aliphatic heterocycles. The summed E-state index contributed by atoms with van der Waals surface area (Å²) in [6.07, 6.45) is 1.76. The van der Waals surface area contributed by atoms with Gasteiger partial charge in [0.05, 0.1) is 12.6 Å². The number of likely N-dealkylation sites (N-methyl/N-ethyl adjacent to an activating group) is 1. The van der Waals surface area contributed by atoms with Crippen molar-refractivity contribution >= 4 is 28.3 Å². The molecule has 0 spiro atoms. The van der Waals surface area contributed by atoms with Crippen LogP contribution in [0.25, 0.3) is 10.9 Å². The fourth-order valence-corrected chi connectivity index (χ4v) is 4.06. The van der Waals surface area contributed by atoms with Gasteiger partial charge < -0.3 is 10.3 Å². The number of rotatable bonds is 7. The number of aromatic nitrogens is 1. The Bertz CT molecular complexity index is 1260. The molecule has 32 heavy (non-hydrogen) atoms. The SMILES string of the molecule is Cc1cccc(NC(=O)CN(C)[C@@H](C(=O)c2c[nH]c3ccccc23)c2ccccc2)c1C. The van der Waals surface area contributed by atoms with Gasteiger partial charge in [0.2, 0.25) is 5.91 Å². The summed E-state index contributed by atoms with van der Waals surface area (Å²) in [5.41, 5.74) is 5.34. The highest BCUT2D eigenvalue weighted by Gasteiger charge is 2.29. The summed E-state index contributed by atoms with van der Waals surface area (Å²) in [6.45, 7) is 4.09. The number of amides is 1. The van der Waals surface area contributed by atoms with Gasteiger partial charge in [-0.25, -0.2) is 0 Å². The molecule has 5 heteroatoms. The molecule has 162 valence electrons. The molecule has 0 unspecified atom stereocenters. The molecule has 1 aromatic heterocycles. The summed E-state index contributed by atoms with van der Waals surface area (Å²) in [5, 5.41) is 3.87. The van der Waals surface area contributed by atoms with Crippen LogP contribution in [0.15, 0.2) is 79.0 Å². The maximum Gasteiger partial charge on any atom is 0.238 e. The Morgan fingerprint density at radius 3 is 2.44 bits per heavy atom. The van der Waals surface area contributed by atoms with Crippen molar-refractivity contribution in [2.24, 2.45) is 0 Å². The van der Waals surface area contributed by atoms with Crippen molar-refractivity contribution in [1.82, 2.24) is 9.88 Å². The first-order valence-corrected chi connectivity index (χ1v) is 10.7. The lowest BCUT2D eigenvalue weighted by atomic mass is 9.96. The summed E-state index contributed by atoms with van der Waals surface area (Å²) in [7, 11) is 1.81. The largest absolute Gasteiger partial charge is 0.360 e. The quantitative estimate of drug-likeness (QED) is 0.396. The fraction of sp³-hybridized carbons (Fsp3) is 0.185. The normalized spacial score (nSPS) is 12.1. The van der Waals surface area contributed by atoms with Gasteiger partial charge in [0.25, 0.3) is 0 Å². The highest BCUT2D eigenvalue weighted by molar-refractivity contribution is 6.10. The molecule has 0 saturated carbocycles. The number of benzene rings is 3. The number of fused-ring (bicyclic) bond motifs is 1. The third-order valence-electron chi connectivity index (χ3n) is 5.93. The molecule has 1 heterocycles. The minimum atomic E-state index is -0.584. The van der Waals surface area contributed by atoms with Gasteiger partial charge in [0, 0.05) is 28.4 Å². The summed E-state index contributed by atoms with van der Waals surface area (Å²) in [6, 6.07) is 22.6. The topological polar surface area (TPSA) is 65.2 Å². The molecule has 1 atom stereocenters. The van der Waals surface area contributed by atoms with E-state index in [1.165, 1.54) is 0 Å². The van der Waals surface area contributed by atoms with E-state index >= 15 is 0 Å². The van der Waals surface area contributed by atoms with Crippen LogP contribution in [0.3, 0.4) is 0 Å². The van der Waals surface area contributed by atoms with Gasteiger partial charge in [0.15, 0.2) is 5.78 Å². The Morgan fingerprint density at radius 2 is 1.66 bits per heavy atom. The van der Waals surface area contributed by atoms with Crippen LogP contribution < -0.4 is 5.32 Å². The molecule has 0 saturated heterocycles. The van der Waals surface area contributed by atoms with E-state index in [9.17, 15) is 9.59 Å². The molecule has 0 aliphatic rings. The van der Waals surface area contributed by atoms with Crippen LogP contribution in [0.5, 0.6) is 0 Å². The molecule has 2 N–H and O–H groups in total.